The van der Waals surface area contributed by atoms with Crippen molar-refractivity contribution in [1.82, 2.24) is 4.98 Å². The SMILES string of the molecule is O=S(=O)(Oc1cccc(O)c1-c1cc2ccccc2[nH]1)C(F)(F)F. The molecule has 0 bridgehead atoms. The summed E-state index contributed by atoms with van der Waals surface area (Å²) in [6, 6.07) is 12.0. The molecule has 0 aliphatic rings. The maximum atomic E-state index is 12.5. The zero-order chi connectivity index (χ0) is 17.5. The number of aromatic hydroxyl groups is 1. The van der Waals surface area contributed by atoms with Crippen molar-refractivity contribution in [3.63, 3.8) is 0 Å². The van der Waals surface area contributed by atoms with Crippen LogP contribution in [0.25, 0.3) is 22.2 Å². The third-order valence-electron chi connectivity index (χ3n) is 3.29. The van der Waals surface area contributed by atoms with Crippen LogP contribution in [0.5, 0.6) is 11.5 Å². The zero-order valence-electron chi connectivity index (χ0n) is 11.8. The van der Waals surface area contributed by atoms with Gasteiger partial charge in [0.2, 0.25) is 0 Å². The van der Waals surface area contributed by atoms with Gasteiger partial charge in [-0.25, -0.2) is 0 Å². The number of aromatic nitrogens is 1. The van der Waals surface area contributed by atoms with E-state index in [1.165, 1.54) is 12.1 Å². The Kier molecular flexibility index (Phi) is 3.67. The molecule has 3 rings (SSSR count). The van der Waals surface area contributed by atoms with Gasteiger partial charge in [-0.3, -0.25) is 0 Å². The average Bonchev–Trinajstić information content (AvgIpc) is 2.89. The van der Waals surface area contributed by atoms with Crippen LogP contribution in [0.4, 0.5) is 13.2 Å². The molecule has 9 heteroatoms. The largest absolute Gasteiger partial charge is 0.534 e. The van der Waals surface area contributed by atoms with E-state index in [4.69, 9.17) is 0 Å². The minimum absolute atomic E-state index is 0.179. The molecule has 126 valence electrons. The first-order valence-corrected chi connectivity index (χ1v) is 8.01. The molecular weight excluding hydrogens is 347 g/mol. The van der Waals surface area contributed by atoms with E-state index in [9.17, 15) is 26.7 Å². The number of hydrogen-bond donors (Lipinski definition) is 2. The lowest BCUT2D eigenvalue weighted by Gasteiger charge is -2.13. The summed E-state index contributed by atoms with van der Waals surface area (Å²) in [5, 5.41) is 10.7. The van der Waals surface area contributed by atoms with Crippen molar-refractivity contribution in [2.45, 2.75) is 5.51 Å². The summed E-state index contributed by atoms with van der Waals surface area (Å²) in [4.78, 5) is 2.90. The molecule has 2 N–H and O–H groups in total. The van der Waals surface area contributed by atoms with Crippen LogP contribution < -0.4 is 4.18 Å². The summed E-state index contributed by atoms with van der Waals surface area (Å²) >= 11 is 0. The average molecular weight is 357 g/mol. The summed E-state index contributed by atoms with van der Waals surface area (Å²) in [6.45, 7) is 0. The third-order valence-corrected chi connectivity index (χ3v) is 4.25. The van der Waals surface area contributed by atoms with Gasteiger partial charge < -0.3 is 14.3 Å². The predicted octanol–water partition coefficient (Wildman–Crippen LogP) is 3.77. The molecule has 0 saturated heterocycles. The molecule has 0 atom stereocenters. The number of H-pyrrole nitrogens is 1. The van der Waals surface area contributed by atoms with Crippen molar-refractivity contribution in [1.29, 1.82) is 0 Å². The number of fused-ring (bicyclic) bond motifs is 1. The van der Waals surface area contributed by atoms with Crippen LogP contribution in [-0.4, -0.2) is 24.0 Å². The highest BCUT2D eigenvalue weighted by Crippen LogP contribution is 2.40. The normalized spacial score (nSPS) is 12.5. The van der Waals surface area contributed by atoms with Crippen LogP contribution >= 0.6 is 0 Å². The number of benzene rings is 2. The first-order valence-electron chi connectivity index (χ1n) is 6.60. The lowest BCUT2D eigenvalue weighted by molar-refractivity contribution is -0.0499. The van der Waals surface area contributed by atoms with E-state index in [0.717, 1.165) is 11.5 Å². The quantitative estimate of drug-likeness (QED) is 0.552. The van der Waals surface area contributed by atoms with Crippen LogP contribution in [0.2, 0.25) is 0 Å². The molecule has 0 saturated carbocycles. The van der Waals surface area contributed by atoms with Crippen molar-refractivity contribution in [2.75, 3.05) is 0 Å². The van der Waals surface area contributed by atoms with Gasteiger partial charge in [-0.1, -0.05) is 24.3 Å². The second kappa shape index (κ2) is 5.45. The van der Waals surface area contributed by atoms with Gasteiger partial charge in [0.05, 0.1) is 11.3 Å². The molecule has 0 aliphatic carbocycles. The number of phenolic OH excluding ortho intramolecular Hbond substituents is 1. The van der Waals surface area contributed by atoms with Crippen molar-refractivity contribution >= 4 is 21.0 Å². The van der Waals surface area contributed by atoms with E-state index in [-0.39, 0.29) is 11.3 Å². The maximum Gasteiger partial charge on any atom is 0.534 e. The summed E-state index contributed by atoms with van der Waals surface area (Å²) < 4.78 is 64.3. The van der Waals surface area contributed by atoms with Gasteiger partial charge in [-0.05, 0) is 24.3 Å². The smallest absolute Gasteiger partial charge is 0.507 e. The van der Waals surface area contributed by atoms with E-state index in [2.05, 4.69) is 9.17 Å². The minimum atomic E-state index is -5.85. The van der Waals surface area contributed by atoms with Crippen molar-refractivity contribution < 1.29 is 30.9 Å². The van der Waals surface area contributed by atoms with Gasteiger partial charge in [0, 0.05) is 10.9 Å². The first kappa shape index (κ1) is 16.2. The number of phenols is 1. The number of halogens is 3. The third kappa shape index (κ3) is 2.78. The van der Waals surface area contributed by atoms with E-state index in [0.29, 0.717) is 5.52 Å². The topological polar surface area (TPSA) is 79.4 Å². The zero-order valence-corrected chi connectivity index (χ0v) is 12.6. The molecular formula is C15H10F3NO4S. The summed E-state index contributed by atoms with van der Waals surface area (Å²) in [7, 11) is -5.85. The van der Waals surface area contributed by atoms with Gasteiger partial charge in [0.1, 0.15) is 5.75 Å². The first-order chi connectivity index (χ1) is 11.2. The standard InChI is InChI=1S/C15H10F3NO4S/c16-15(17,18)24(21,22)23-13-7-3-6-12(20)14(13)11-8-9-4-1-2-5-10(9)19-11/h1-8,19-20H. The molecule has 0 spiro atoms. The van der Waals surface area contributed by atoms with Crippen LogP contribution in [0, 0.1) is 0 Å². The monoisotopic (exact) mass is 357 g/mol. The fourth-order valence-corrected chi connectivity index (χ4v) is 2.70. The molecule has 1 heterocycles. The predicted molar refractivity (Wildman–Crippen MR) is 81.0 cm³/mol. The molecule has 0 unspecified atom stereocenters. The summed E-state index contributed by atoms with van der Waals surface area (Å²) in [5.74, 6) is -1.05. The fourth-order valence-electron chi connectivity index (χ4n) is 2.23. The second-order valence-corrected chi connectivity index (χ2v) is 6.44. The van der Waals surface area contributed by atoms with Gasteiger partial charge >= 0.3 is 15.6 Å². The second-order valence-electron chi connectivity index (χ2n) is 4.90. The number of alkyl halides is 3. The Morgan fingerprint density at radius 1 is 1.04 bits per heavy atom. The molecule has 0 radical (unpaired) electrons. The molecule has 2 aromatic carbocycles. The number of aromatic amines is 1. The van der Waals surface area contributed by atoms with Crippen LogP contribution in [-0.2, 0) is 10.1 Å². The number of hydrogen-bond acceptors (Lipinski definition) is 4. The van der Waals surface area contributed by atoms with Crippen LogP contribution in [0.1, 0.15) is 0 Å². The van der Waals surface area contributed by atoms with E-state index in [1.807, 2.05) is 0 Å². The van der Waals surface area contributed by atoms with Crippen molar-refractivity contribution in [3.8, 4) is 22.8 Å². The van der Waals surface area contributed by atoms with Crippen molar-refractivity contribution in [3.05, 3.63) is 48.5 Å². The molecule has 3 aromatic rings. The Labute approximate surface area is 134 Å². The van der Waals surface area contributed by atoms with Crippen LogP contribution in [0.3, 0.4) is 0 Å². The highest BCUT2D eigenvalue weighted by Gasteiger charge is 2.49. The Morgan fingerprint density at radius 2 is 1.75 bits per heavy atom. The Bertz CT molecular complexity index is 976. The maximum absolute atomic E-state index is 12.5. The van der Waals surface area contributed by atoms with Crippen molar-refractivity contribution in [2.24, 2.45) is 0 Å². The fraction of sp³-hybridized carbons (Fsp3) is 0.0667. The number of nitrogens with one attached hydrogen (secondary N) is 1. The highest BCUT2D eigenvalue weighted by molar-refractivity contribution is 7.88. The number of para-hydroxylation sites is 1. The lowest BCUT2D eigenvalue weighted by atomic mass is 10.1. The minimum Gasteiger partial charge on any atom is -0.507 e. The Hall–Kier alpha value is -2.68. The van der Waals surface area contributed by atoms with Gasteiger partial charge in [-0.15, -0.1) is 0 Å². The van der Waals surface area contributed by atoms with Gasteiger partial charge in [0.15, 0.2) is 5.75 Å². The lowest BCUT2D eigenvalue weighted by Crippen LogP contribution is -2.28. The summed E-state index contributed by atoms with van der Waals surface area (Å²) in [5.41, 5.74) is -4.86. The number of rotatable bonds is 3. The summed E-state index contributed by atoms with van der Waals surface area (Å²) in [6.07, 6.45) is 0. The van der Waals surface area contributed by atoms with Gasteiger partial charge in [-0.2, -0.15) is 21.6 Å². The Balaban J connectivity index is 2.15. The van der Waals surface area contributed by atoms with E-state index < -0.39 is 27.1 Å². The molecule has 0 fully saturated rings. The van der Waals surface area contributed by atoms with E-state index in [1.54, 1.807) is 30.3 Å². The molecule has 0 amide bonds. The molecule has 1 aromatic heterocycles. The van der Waals surface area contributed by atoms with Crippen LogP contribution in [0.15, 0.2) is 48.5 Å². The highest BCUT2D eigenvalue weighted by atomic mass is 32.2. The van der Waals surface area contributed by atoms with Gasteiger partial charge in [0.25, 0.3) is 0 Å². The Morgan fingerprint density at radius 3 is 2.42 bits per heavy atom. The van der Waals surface area contributed by atoms with E-state index >= 15 is 0 Å². The molecule has 24 heavy (non-hydrogen) atoms. The molecule has 0 aliphatic heterocycles. The molecule has 5 nitrogen and oxygen atoms in total.